The fourth-order valence-corrected chi connectivity index (χ4v) is 5.55. The Morgan fingerprint density at radius 2 is 1.94 bits per heavy atom. The van der Waals surface area contributed by atoms with E-state index in [2.05, 4.69) is 15.2 Å². The fourth-order valence-electron chi connectivity index (χ4n) is 4.72. The molecule has 2 amide bonds. The molecule has 0 bridgehead atoms. The minimum absolute atomic E-state index is 0.0185. The molecule has 0 aromatic carbocycles. The number of piperidine rings is 1. The Morgan fingerprint density at radius 3 is 2.71 bits per heavy atom. The lowest BCUT2D eigenvalue weighted by molar-refractivity contribution is -0.129. The van der Waals surface area contributed by atoms with Crippen molar-refractivity contribution < 1.29 is 9.59 Å². The summed E-state index contributed by atoms with van der Waals surface area (Å²) in [7, 11) is 0. The van der Waals surface area contributed by atoms with Gasteiger partial charge in [-0.2, -0.15) is 0 Å². The number of hydrogen-bond acceptors (Lipinski definition) is 5. The van der Waals surface area contributed by atoms with Crippen molar-refractivity contribution >= 4 is 23.2 Å². The molecular formula is C24H32N4O2S. The lowest BCUT2D eigenvalue weighted by atomic mass is 9.88. The standard InChI is InChI=1S/C24H32N4O2S/c1-18-6-7-22(31-18)24(30)28-15-10-20-21(17-28)27(16-19-8-12-25-13-9-19)14-5-3-2-4-11-26-23(20)29/h6-9,12-13,20-21H,2-5,10-11,14-17H2,1H3,(H,26,29). The van der Waals surface area contributed by atoms with Crippen molar-refractivity contribution in [3.63, 3.8) is 0 Å². The van der Waals surface area contributed by atoms with E-state index in [0.717, 1.165) is 55.1 Å². The van der Waals surface area contributed by atoms with Gasteiger partial charge < -0.3 is 10.2 Å². The number of carbonyl (C=O) groups is 2. The maximum atomic E-state index is 13.2. The average molecular weight is 441 g/mol. The van der Waals surface area contributed by atoms with Gasteiger partial charge in [0.05, 0.1) is 10.8 Å². The van der Waals surface area contributed by atoms with Crippen LogP contribution in [0.15, 0.2) is 36.7 Å². The third-order valence-electron chi connectivity index (χ3n) is 6.43. The molecule has 2 unspecified atom stereocenters. The van der Waals surface area contributed by atoms with Crippen molar-refractivity contribution in [2.75, 3.05) is 26.2 Å². The van der Waals surface area contributed by atoms with Crippen molar-refractivity contribution in [1.82, 2.24) is 20.1 Å². The monoisotopic (exact) mass is 440 g/mol. The van der Waals surface area contributed by atoms with Crippen LogP contribution in [-0.4, -0.2) is 58.8 Å². The van der Waals surface area contributed by atoms with Crippen LogP contribution in [0.3, 0.4) is 0 Å². The van der Waals surface area contributed by atoms with Crippen molar-refractivity contribution in [2.45, 2.75) is 51.6 Å². The number of rotatable bonds is 3. The van der Waals surface area contributed by atoms with E-state index in [1.54, 1.807) is 11.3 Å². The number of amides is 2. The lowest BCUT2D eigenvalue weighted by Crippen LogP contribution is -2.57. The topological polar surface area (TPSA) is 65.5 Å². The van der Waals surface area contributed by atoms with E-state index in [-0.39, 0.29) is 23.8 Å². The highest BCUT2D eigenvalue weighted by molar-refractivity contribution is 7.13. The van der Waals surface area contributed by atoms with Crippen LogP contribution in [-0.2, 0) is 11.3 Å². The van der Waals surface area contributed by atoms with Crippen molar-refractivity contribution in [1.29, 1.82) is 0 Å². The molecule has 0 radical (unpaired) electrons. The maximum Gasteiger partial charge on any atom is 0.263 e. The van der Waals surface area contributed by atoms with Gasteiger partial charge in [-0.15, -0.1) is 11.3 Å². The van der Waals surface area contributed by atoms with Crippen LogP contribution in [0.1, 0.15) is 52.2 Å². The Labute approximate surface area is 188 Å². The van der Waals surface area contributed by atoms with Gasteiger partial charge in [0.1, 0.15) is 0 Å². The molecule has 31 heavy (non-hydrogen) atoms. The van der Waals surface area contributed by atoms with Crippen LogP contribution in [0.5, 0.6) is 0 Å². The second-order valence-electron chi connectivity index (χ2n) is 8.66. The van der Waals surface area contributed by atoms with Gasteiger partial charge in [0, 0.05) is 49.5 Å². The van der Waals surface area contributed by atoms with Crippen LogP contribution in [0.2, 0.25) is 0 Å². The van der Waals surface area contributed by atoms with Crippen LogP contribution < -0.4 is 5.32 Å². The molecule has 1 N–H and O–H groups in total. The molecule has 2 atom stereocenters. The number of nitrogens with zero attached hydrogens (tertiary/aromatic N) is 3. The zero-order valence-corrected chi connectivity index (χ0v) is 19.1. The second-order valence-corrected chi connectivity index (χ2v) is 9.94. The van der Waals surface area contributed by atoms with Crippen LogP contribution >= 0.6 is 11.3 Å². The van der Waals surface area contributed by atoms with Gasteiger partial charge in [0.25, 0.3) is 5.91 Å². The van der Waals surface area contributed by atoms with E-state index < -0.39 is 0 Å². The molecular weight excluding hydrogens is 408 g/mol. The zero-order valence-electron chi connectivity index (χ0n) is 18.3. The van der Waals surface area contributed by atoms with E-state index >= 15 is 0 Å². The molecule has 166 valence electrons. The summed E-state index contributed by atoms with van der Waals surface area (Å²) in [5.74, 6) is 0.148. The molecule has 2 fully saturated rings. The van der Waals surface area contributed by atoms with E-state index in [1.165, 1.54) is 5.56 Å². The number of nitrogens with one attached hydrogen (secondary N) is 1. The van der Waals surface area contributed by atoms with Crippen LogP contribution in [0, 0.1) is 12.8 Å². The molecule has 6 nitrogen and oxygen atoms in total. The van der Waals surface area contributed by atoms with Gasteiger partial charge in [-0.25, -0.2) is 0 Å². The minimum Gasteiger partial charge on any atom is -0.356 e. The molecule has 2 aliphatic rings. The third kappa shape index (κ3) is 5.52. The normalized spacial score (nSPS) is 23.5. The summed E-state index contributed by atoms with van der Waals surface area (Å²) < 4.78 is 0. The Morgan fingerprint density at radius 1 is 1.13 bits per heavy atom. The second kappa shape index (κ2) is 10.4. The van der Waals surface area contributed by atoms with E-state index in [1.807, 2.05) is 48.5 Å². The smallest absolute Gasteiger partial charge is 0.263 e. The number of hydrogen-bond donors (Lipinski definition) is 1. The molecule has 2 saturated heterocycles. The summed E-state index contributed by atoms with van der Waals surface area (Å²) in [5, 5.41) is 3.17. The first kappa shape index (κ1) is 22.0. The van der Waals surface area contributed by atoms with Gasteiger partial charge in [-0.1, -0.05) is 12.8 Å². The Bertz CT molecular complexity index is 885. The molecule has 2 aliphatic heterocycles. The molecule has 4 heterocycles. The highest BCUT2D eigenvalue weighted by Crippen LogP contribution is 2.28. The van der Waals surface area contributed by atoms with Crippen molar-refractivity contribution in [3.05, 3.63) is 52.0 Å². The van der Waals surface area contributed by atoms with Crippen molar-refractivity contribution in [2.24, 2.45) is 5.92 Å². The summed E-state index contributed by atoms with van der Waals surface area (Å²) >= 11 is 1.55. The minimum atomic E-state index is -0.0888. The number of aromatic nitrogens is 1. The molecule has 0 spiro atoms. The first-order valence-corrected chi connectivity index (χ1v) is 12.2. The Balaban J connectivity index is 1.58. The van der Waals surface area contributed by atoms with Gasteiger partial charge in [-0.05, 0) is 62.6 Å². The number of aryl methyl sites for hydroxylation is 1. The van der Waals surface area contributed by atoms with Gasteiger partial charge in [0.2, 0.25) is 5.91 Å². The Kier molecular flexibility index (Phi) is 7.35. The molecule has 0 aliphatic carbocycles. The van der Waals surface area contributed by atoms with E-state index in [4.69, 9.17) is 0 Å². The average Bonchev–Trinajstić information content (AvgIpc) is 3.22. The van der Waals surface area contributed by atoms with Crippen LogP contribution in [0.4, 0.5) is 0 Å². The Hall–Kier alpha value is -2.25. The van der Waals surface area contributed by atoms with Gasteiger partial charge in [0.15, 0.2) is 0 Å². The molecule has 4 rings (SSSR count). The molecule has 2 aromatic rings. The predicted molar refractivity (Wildman–Crippen MR) is 123 cm³/mol. The molecule has 7 heteroatoms. The molecule has 0 saturated carbocycles. The summed E-state index contributed by atoms with van der Waals surface area (Å²) in [6.45, 7) is 5.72. The number of fused-ring (bicyclic) bond motifs is 1. The van der Waals surface area contributed by atoms with E-state index in [0.29, 0.717) is 19.5 Å². The van der Waals surface area contributed by atoms with Crippen LogP contribution in [0.25, 0.3) is 0 Å². The van der Waals surface area contributed by atoms with Crippen molar-refractivity contribution in [3.8, 4) is 0 Å². The first-order valence-electron chi connectivity index (χ1n) is 11.4. The fraction of sp³-hybridized carbons (Fsp3) is 0.542. The summed E-state index contributed by atoms with van der Waals surface area (Å²) in [6, 6.07) is 8.03. The number of pyridine rings is 1. The van der Waals surface area contributed by atoms with Gasteiger partial charge >= 0.3 is 0 Å². The predicted octanol–water partition coefficient (Wildman–Crippen LogP) is 3.47. The van der Waals surface area contributed by atoms with Gasteiger partial charge in [-0.3, -0.25) is 19.5 Å². The molecule has 2 aromatic heterocycles. The highest BCUT2D eigenvalue weighted by atomic mass is 32.1. The van der Waals surface area contributed by atoms with E-state index in [9.17, 15) is 9.59 Å². The summed E-state index contributed by atoms with van der Waals surface area (Å²) in [5.41, 5.74) is 1.20. The quantitative estimate of drug-likeness (QED) is 0.794. The first-order chi connectivity index (χ1) is 15.1. The highest BCUT2D eigenvalue weighted by Gasteiger charge is 2.39. The SMILES string of the molecule is Cc1ccc(C(=O)N2CCC3C(=O)NCCCCCCN(Cc4ccncc4)C3C2)s1. The maximum absolute atomic E-state index is 13.2. The number of likely N-dealkylation sites (tertiary alicyclic amines) is 1. The summed E-state index contributed by atoms with van der Waals surface area (Å²) in [4.78, 5) is 36.7. The lowest BCUT2D eigenvalue weighted by Gasteiger charge is -2.43. The zero-order chi connectivity index (χ0) is 21.6. The summed E-state index contributed by atoms with van der Waals surface area (Å²) in [6.07, 6.45) is 8.80. The number of carbonyl (C=O) groups excluding carboxylic acids is 2. The largest absolute Gasteiger partial charge is 0.356 e. The third-order valence-corrected chi connectivity index (χ3v) is 7.42. The number of thiophene rings is 1.